The number of rotatable bonds is 4. The van der Waals surface area contributed by atoms with Gasteiger partial charge in [-0.15, -0.1) is 0 Å². The van der Waals surface area contributed by atoms with E-state index in [2.05, 4.69) is 15.7 Å². The first-order valence-corrected chi connectivity index (χ1v) is 4.80. The van der Waals surface area contributed by atoms with Gasteiger partial charge in [0, 0.05) is 7.11 Å². The Bertz CT molecular complexity index is 262. The van der Waals surface area contributed by atoms with Gasteiger partial charge in [-0.2, -0.15) is 13.2 Å². The molecule has 0 aromatic heterocycles. The van der Waals surface area contributed by atoms with Crippen LogP contribution in [-0.2, 0) is 4.74 Å². The number of methoxy groups -OCH3 is 1. The number of halogens is 3. The van der Waals surface area contributed by atoms with Crippen LogP contribution in [0.1, 0.15) is 12.8 Å². The van der Waals surface area contributed by atoms with E-state index in [0.717, 1.165) is 0 Å². The topological polar surface area (TPSA) is 71.7 Å². The Morgan fingerprint density at radius 1 is 1.50 bits per heavy atom. The molecule has 1 fully saturated rings. The molecule has 0 spiro atoms. The van der Waals surface area contributed by atoms with E-state index in [1.807, 2.05) is 0 Å². The second-order valence-electron chi connectivity index (χ2n) is 3.57. The van der Waals surface area contributed by atoms with Gasteiger partial charge < -0.3 is 10.1 Å². The maximum atomic E-state index is 12.6. The first kappa shape index (κ1) is 13.0. The molecule has 1 rings (SSSR count). The maximum Gasteiger partial charge on any atom is 0.411 e. The third-order valence-corrected chi connectivity index (χ3v) is 2.35. The van der Waals surface area contributed by atoms with E-state index in [4.69, 9.17) is 10.6 Å². The second-order valence-corrected chi connectivity index (χ2v) is 3.57. The van der Waals surface area contributed by atoms with Gasteiger partial charge in [0.15, 0.2) is 0 Å². The fourth-order valence-electron chi connectivity index (χ4n) is 1.20. The highest BCUT2D eigenvalue weighted by atomic mass is 19.4. The van der Waals surface area contributed by atoms with Crippen molar-refractivity contribution in [1.82, 2.24) is 10.7 Å². The lowest BCUT2D eigenvalue weighted by Gasteiger charge is -2.22. The molecule has 1 saturated carbocycles. The molecule has 0 bridgehead atoms. The Morgan fingerprint density at radius 3 is 2.50 bits per heavy atom. The van der Waals surface area contributed by atoms with Crippen molar-refractivity contribution < 1.29 is 17.9 Å². The van der Waals surface area contributed by atoms with Crippen LogP contribution in [0.25, 0.3) is 0 Å². The molecule has 1 aliphatic carbocycles. The average Bonchev–Trinajstić information content (AvgIpc) is 2.97. The number of hydrazine groups is 1. The summed E-state index contributed by atoms with van der Waals surface area (Å²) in [6, 6.07) is 0. The molecule has 0 aliphatic heterocycles. The van der Waals surface area contributed by atoms with E-state index < -0.39 is 11.7 Å². The highest BCUT2D eigenvalue weighted by Crippen LogP contribution is 2.48. The van der Waals surface area contributed by atoms with Crippen LogP contribution in [0.4, 0.5) is 13.2 Å². The van der Waals surface area contributed by atoms with Crippen LogP contribution in [-0.4, -0.2) is 37.9 Å². The van der Waals surface area contributed by atoms with Gasteiger partial charge in [-0.25, -0.2) is 10.8 Å². The number of alkyl halides is 3. The van der Waals surface area contributed by atoms with Crippen LogP contribution in [0.5, 0.6) is 0 Å². The monoisotopic (exact) mass is 240 g/mol. The molecule has 94 valence electrons. The van der Waals surface area contributed by atoms with E-state index in [1.165, 1.54) is 7.11 Å². The smallest absolute Gasteiger partial charge is 0.383 e. The van der Waals surface area contributed by atoms with Crippen molar-refractivity contribution in [1.29, 1.82) is 0 Å². The summed E-state index contributed by atoms with van der Waals surface area (Å²) < 4.78 is 42.4. The lowest BCUT2D eigenvalue weighted by molar-refractivity contribution is -0.161. The Hall–Kier alpha value is -1.02. The van der Waals surface area contributed by atoms with E-state index in [9.17, 15) is 13.2 Å². The number of hydrogen-bond donors (Lipinski definition) is 3. The summed E-state index contributed by atoms with van der Waals surface area (Å²) in [5.74, 6) is 5.02. The van der Waals surface area contributed by atoms with E-state index in [0.29, 0.717) is 6.61 Å². The number of guanidine groups is 1. The predicted octanol–water partition coefficient (Wildman–Crippen LogP) is 0.137. The summed E-state index contributed by atoms with van der Waals surface area (Å²) in [6.45, 7) is 0.572. The molecular formula is C8H15F3N4O. The van der Waals surface area contributed by atoms with Crippen molar-refractivity contribution in [3.8, 4) is 0 Å². The van der Waals surface area contributed by atoms with Crippen LogP contribution < -0.4 is 16.6 Å². The molecule has 16 heavy (non-hydrogen) atoms. The summed E-state index contributed by atoms with van der Waals surface area (Å²) in [5, 5.41) is 2.29. The number of nitrogens with two attached hydrogens (primary N) is 1. The molecular weight excluding hydrogens is 225 g/mol. The third kappa shape index (κ3) is 2.99. The average molecular weight is 240 g/mol. The van der Waals surface area contributed by atoms with Crippen molar-refractivity contribution >= 4 is 5.96 Å². The standard InChI is InChI=1S/C8H15F3N4O/c1-16-5-4-13-6(15-12)14-7(2-3-7)8(9,10)11/h2-5,12H2,1H3,(H2,13,14,15). The van der Waals surface area contributed by atoms with Gasteiger partial charge in [0.05, 0.1) is 13.2 Å². The molecule has 0 heterocycles. The Balaban J connectivity index is 2.54. The second kappa shape index (κ2) is 4.88. The molecule has 0 aromatic rings. The normalized spacial score (nSPS) is 19.4. The number of ether oxygens (including phenoxy) is 1. The third-order valence-electron chi connectivity index (χ3n) is 2.35. The molecule has 0 unspecified atom stereocenters. The predicted molar refractivity (Wildman–Crippen MR) is 52.7 cm³/mol. The first-order chi connectivity index (χ1) is 7.45. The largest absolute Gasteiger partial charge is 0.411 e. The zero-order valence-corrected chi connectivity index (χ0v) is 8.90. The molecule has 1 aliphatic rings. The fraction of sp³-hybridized carbons (Fsp3) is 0.875. The van der Waals surface area contributed by atoms with Crippen molar-refractivity contribution in [2.75, 3.05) is 20.3 Å². The molecule has 0 aromatic carbocycles. The molecule has 0 radical (unpaired) electrons. The molecule has 0 amide bonds. The van der Waals surface area contributed by atoms with Gasteiger partial charge in [-0.1, -0.05) is 0 Å². The number of aliphatic imine (C=N–C) groups is 1. The molecule has 0 saturated heterocycles. The number of hydrogen-bond acceptors (Lipinski definition) is 3. The Labute approximate surface area is 91.2 Å². The van der Waals surface area contributed by atoms with Gasteiger partial charge in [-0.05, 0) is 12.8 Å². The Morgan fingerprint density at radius 2 is 2.12 bits per heavy atom. The van der Waals surface area contributed by atoms with Gasteiger partial charge in [-0.3, -0.25) is 5.43 Å². The molecule has 8 heteroatoms. The van der Waals surface area contributed by atoms with Gasteiger partial charge in [0.25, 0.3) is 0 Å². The van der Waals surface area contributed by atoms with E-state index >= 15 is 0 Å². The minimum absolute atomic E-state index is 0.0431. The summed E-state index contributed by atoms with van der Waals surface area (Å²) in [6.07, 6.45) is -4.20. The van der Waals surface area contributed by atoms with Crippen molar-refractivity contribution in [2.45, 2.75) is 24.6 Å². The first-order valence-electron chi connectivity index (χ1n) is 4.80. The van der Waals surface area contributed by atoms with E-state index in [1.54, 1.807) is 0 Å². The molecule has 5 nitrogen and oxygen atoms in total. The lowest BCUT2D eigenvalue weighted by Crippen LogP contribution is -2.54. The number of nitrogens with one attached hydrogen (secondary N) is 2. The van der Waals surface area contributed by atoms with Crippen LogP contribution in [0, 0.1) is 0 Å². The van der Waals surface area contributed by atoms with Crippen molar-refractivity contribution in [2.24, 2.45) is 10.8 Å². The van der Waals surface area contributed by atoms with Crippen LogP contribution in [0.15, 0.2) is 4.99 Å². The summed E-state index contributed by atoms with van der Waals surface area (Å²) in [4.78, 5) is 3.82. The quantitative estimate of drug-likeness (QED) is 0.215. The maximum absolute atomic E-state index is 12.6. The minimum Gasteiger partial charge on any atom is -0.383 e. The van der Waals surface area contributed by atoms with Gasteiger partial charge >= 0.3 is 6.18 Å². The summed E-state index contributed by atoms with van der Waals surface area (Å²) >= 11 is 0. The lowest BCUT2D eigenvalue weighted by atomic mass is 10.2. The summed E-state index contributed by atoms with van der Waals surface area (Å²) in [7, 11) is 1.48. The van der Waals surface area contributed by atoms with E-state index in [-0.39, 0.29) is 25.3 Å². The Kier molecular flexibility index (Phi) is 3.98. The minimum atomic E-state index is -4.29. The van der Waals surface area contributed by atoms with Crippen molar-refractivity contribution in [3.63, 3.8) is 0 Å². The molecule has 4 N–H and O–H groups in total. The number of nitrogens with zero attached hydrogens (tertiary/aromatic N) is 1. The SMILES string of the molecule is COCCN=C(NN)NC1(C(F)(F)F)CC1. The van der Waals surface area contributed by atoms with Crippen LogP contribution >= 0.6 is 0 Å². The van der Waals surface area contributed by atoms with Crippen LogP contribution in [0.3, 0.4) is 0 Å². The van der Waals surface area contributed by atoms with Gasteiger partial charge in [0.1, 0.15) is 5.54 Å². The summed E-state index contributed by atoms with van der Waals surface area (Å²) in [5.41, 5.74) is 0.257. The van der Waals surface area contributed by atoms with Crippen molar-refractivity contribution in [3.05, 3.63) is 0 Å². The molecule has 0 atom stereocenters. The van der Waals surface area contributed by atoms with Crippen LogP contribution in [0.2, 0.25) is 0 Å². The zero-order chi connectivity index (χ0) is 12.2. The highest BCUT2D eigenvalue weighted by molar-refractivity contribution is 5.80. The zero-order valence-electron chi connectivity index (χ0n) is 8.90. The highest BCUT2D eigenvalue weighted by Gasteiger charge is 2.64. The van der Waals surface area contributed by atoms with Gasteiger partial charge in [0.2, 0.25) is 5.96 Å². The fourth-order valence-corrected chi connectivity index (χ4v) is 1.20.